The van der Waals surface area contributed by atoms with Crippen LogP contribution in [0.15, 0.2) is 98.1 Å². The summed E-state index contributed by atoms with van der Waals surface area (Å²) in [6.45, 7) is 3.75. The zero-order valence-corrected chi connectivity index (χ0v) is 46.1. The first-order valence-electron chi connectivity index (χ1n) is 26.9. The largest absolute Gasteiger partial charge is 0.481 e. The molecule has 27 nitrogen and oxygen atoms in total. The summed E-state index contributed by atoms with van der Waals surface area (Å²) in [5.74, 6) is 0.285. The molecule has 81 heavy (non-hydrogen) atoms. The molecule has 0 radical (unpaired) electrons. The molecule has 10 rings (SSSR count). The first-order chi connectivity index (χ1) is 39.3. The number of imidazole rings is 2. The van der Waals surface area contributed by atoms with Gasteiger partial charge in [0.05, 0.1) is 25.9 Å². The number of ether oxygens (including phenoxy) is 6. The number of benzene rings is 2. The Labute approximate surface area is 465 Å². The number of amides is 4. The van der Waals surface area contributed by atoms with Crippen LogP contribution in [0, 0.1) is 0 Å². The highest BCUT2D eigenvalue weighted by molar-refractivity contribution is 7.61. The number of anilines is 2. The van der Waals surface area contributed by atoms with Gasteiger partial charge in [0.25, 0.3) is 0 Å². The molecule has 29 heteroatoms. The molecule has 2 aromatic carbocycles. The van der Waals surface area contributed by atoms with Gasteiger partial charge in [-0.15, -0.1) is 0 Å². The second-order valence-corrected chi connectivity index (χ2v) is 22.4. The van der Waals surface area contributed by atoms with E-state index in [4.69, 9.17) is 41.8 Å². The second kappa shape index (κ2) is 26.7. The predicted octanol–water partition coefficient (Wildman–Crippen LogP) is 7.76. The Morgan fingerprint density at radius 1 is 0.568 bits per heavy atom. The summed E-state index contributed by atoms with van der Waals surface area (Å²) in [4.78, 5) is 73.9. The average Bonchev–Trinajstić information content (AvgIpc) is 4.43. The maximum atomic E-state index is 13.6. The normalized spacial score (nSPS) is 25.8. The third kappa shape index (κ3) is 14.4. The number of phosphoric ester groups is 2. The molecule has 6 N–H and O–H groups in total. The number of phosphoric acid groups is 2. The quantitative estimate of drug-likeness (QED) is 0.0223. The number of hydrogen-bond donors (Lipinski definition) is 6. The van der Waals surface area contributed by atoms with Gasteiger partial charge in [0.15, 0.2) is 59.0 Å². The Hall–Kier alpha value is -6.42. The molecule has 0 saturated carbocycles. The number of unbranched alkanes of at least 4 members (excludes halogenated alkanes) is 6. The van der Waals surface area contributed by atoms with Crippen LogP contribution < -0.4 is 21.3 Å². The topological polar surface area (TPSA) is 327 Å². The van der Waals surface area contributed by atoms with Gasteiger partial charge in [0.1, 0.15) is 49.3 Å². The van der Waals surface area contributed by atoms with Crippen molar-refractivity contribution in [3.05, 3.63) is 109 Å². The second-order valence-electron chi connectivity index (χ2n) is 19.4. The van der Waals surface area contributed by atoms with Crippen molar-refractivity contribution in [2.75, 3.05) is 36.9 Å². The predicted molar refractivity (Wildman–Crippen MR) is 291 cm³/mol. The van der Waals surface area contributed by atoms with Crippen molar-refractivity contribution in [3.63, 3.8) is 0 Å². The van der Waals surface area contributed by atoms with Crippen LogP contribution in [-0.2, 0) is 50.9 Å². The van der Waals surface area contributed by atoms with Crippen LogP contribution in [0.4, 0.5) is 21.2 Å². The molecule has 4 fully saturated rings. The summed E-state index contributed by atoms with van der Waals surface area (Å²) < 4.78 is 83.8. The zero-order valence-electron chi connectivity index (χ0n) is 44.3. The molecule has 432 valence electrons. The molecule has 4 aliphatic heterocycles. The fourth-order valence-electron chi connectivity index (χ4n) is 9.71. The lowest BCUT2D eigenvalue weighted by atomic mass is 10.1. The van der Waals surface area contributed by atoms with E-state index in [9.17, 15) is 28.5 Å². The fourth-order valence-corrected chi connectivity index (χ4v) is 11.8. The summed E-state index contributed by atoms with van der Waals surface area (Å²) in [7, 11) is -10.9. The molecule has 4 aromatic heterocycles. The molecular formula is C52H64N12O15P2. The number of fused-ring (bicyclic) bond motifs is 4. The van der Waals surface area contributed by atoms with Gasteiger partial charge < -0.3 is 48.8 Å². The summed E-state index contributed by atoms with van der Waals surface area (Å²) in [5.41, 5.74) is 2.75. The monoisotopic (exact) mass is 1160 g/mol. The molecule has 0 aliphatic carbocycles. The van der Waals surface area contributed by atoms with Crippen molar-refractivity contribution in [1.29, 1.82) is 0 Å². The third-order valence-electron chi connectivity index (χ3n) is 13.6. The van der Waals surface area contributed by atoms with Gasteiger partial charge in [-0.1, -0.05) is 125 Å². The van der Waals surface area contributed by atoms with Crippen LogP contribution in [0.1, 0.15) is 88.8 Å². The highest BCUT2D eigenvalue weighted by atomic mass is 31.3. The van der Waals surface area contributed by atoms with Gasteiger partial charge in [0.2, 0.25) is 0 Å². The molecular weight excluding hydrogens is 1090 g/mol. The number of carbonyl (C=O) groups excluding carboxylic acids is 2. The first-order valence-corrected chi connectivity index (χ1v) is 29.8. The van der Waals surface area contributed by atoms with Gasteiger partial charge in [-0.2, -0.15) is 4.31 Å². The number of carbonyl (C=O) groups is 2. The molecule has 0 bridgehead atoms. The van der Waals surface area contributed by atoms with Crippen LogP contribution in [0.5, 0.6) is 0 Å². The van der Waals surface area contributed by atoms with Crippen molar-refractivity contribution in [3.8, 4) is 0 Å². The van der Waals surface area contributed by atoms with Crippen molar-refractivity contribution >= 4 is 73.8 Å². The number of rotatable bonds is 26. The van der Waals surface area contributed by atoms with Gasteiger partial charge in [-0.25, -0.2) is 48.6 Å². The van der Waals surface area contributed by atoms with E-state index < -0.39 is 103 Å². The maximum Gasteiger partial charge on any atom is 0.481 e. The third-order valence-corrected chi connectivity index (χ3v) is 16.2. The minimum absolute atomic E-state index is 0.143. The lowest BCUT2D eigenvalue weighted by Gasteiger charge is -2.22. The van der Waals surface area contributed by atoms with Crippen LogP contribution >= 0.6 is 15.6 Å². The van der Waals surface area contributed by atoms with E-state index in [1.807, 2.05) is 60.7 Å². The summed E-state index contributed by atoms with van der Waals surface area (Å²) >= 11 is 0. The fraction of sp³-hybridized carbons (Fsp3) is 0.462. The Balaban J connectivity index is 0.809. The first kappa shape index (κ1) is 57.8. The Morgan fingerprint density at radius 3 is 1.41 bits per heavy atom. The average molecular weight is 1160 g/mol. The number of aromatic nitrogens is 8. The zero-order chi connectivity index (χ0) is 56.3. The van der Waals surface area contributed by atoms with E-state index in [2.05, 4.69) is 65.0 Å². The van der Waals surface area contributed by atoms with Crippen molar-refractivity contribution < 1.29 is 70.3 Å². The van der Waals surface area contributed by atoms with E-state index in [0.717, 1.165) is 62.5 Å². The smallest absolute Gasteiger partial charge is 0.347 e. The molecule has 6 aromatic rings. The Kier molecular flexibility index (Phi) is 19.0. The molecule has 0 spiro atoms. The number of urea groups is 2. The van der Waals surface area contributed by atoms with Crippen LogP contribution in [0.25, 0.3) is 34.5 Å². The van der Waals surface area contributed by atoms with Crippen LogP contribution in [0.2, 0.25) is 0 Å². The van der Waals surface area contributed by atoms with Crippen molar-refractivity contribution in [2.45, 2.75) is 127 Å². The van der Waals surface area contributed by atoms with E-state index in [0.29, 0.717) is 13.1 Å². The minimum atomic E-state index is -5.44. The molecule has 4 aliphatic rings. The van der Waals surface area contributed by atoms with Gasteiger partial charge in [-0.05, 0) is 36.1 Å². The van der Waals surface area contributed by atoms with E-state index in [1.165, 1.54) is 25.3 Å². The van der Waals surface area contributed by atoms with Gasteiger partial charge in [0, 0.05) is 13.1 Å². The van der Waals surface area contributed by atoms with Crippen LogP contribution in [-0.4, -0.2) is 136 Å². The highest BCUT2D eigenvalue weighted by Gasteiger charge is 2.56. The van der Waals surface area contributed by atoms with E-state index >= 15 is 0 Å². The summed E-state index contributed by atoms with van der Waals surface area (Å²) in [5, 5.41) is 11.1. The standard InChI is InChI=1S/C52H64N12O15P2/c1-3-5-7-15-25-53-51(65)61-45-39-47(57-29-55-45)63(31-59-39)49-43-41(75-37(77-43)23-21-33-17-11-9-12-18-33)35(73-49)27-71-80(67,68)79-81(69,70)72-28-36-42-44(78-38(76-42)24-22-34-19-13-10-14-20-34)50(74-36)64-32-60-40-46(56-30-58-48(40)64)62-52(66)54-26-16-8-6-4-2/h9-14,17-24,29-32,35-38,41-44,49-50H,3-8,15-16,25-28H2,1-2H3,(H,67,68)(H,69,70)(H2,53,55,57,61,65)(H2,54,56,58,62,66)/b23-21+,24-22+/t35-,36-,37?,38?,41-,42-,43-,44-,49-,50-/m1/s1. The molecule has 12 atom stereocenters. The van der Waals surface area contributed by atoms with Gasteiger partial charge >= 0.3 is 27.7 Å². The molecule has 8 heterocycles. The number of nitrogens with zero attached hydrogens (tertiary/aromatic N) is 8. The van der Waals surface area contributed by atoms with Gasteiger partial charge in [-0.3, -0.25) is 28.8 Å². The summed E-state index contributed by atoms with van der Waals surface area (Å²) in [6, 6.07) is 17.9. The molecule has 4 amide bonds. The maximum absolute atomic E-state index is 13.6. The van der Waals surface area contributed by atoms with E-state index in [1.54, 1.807) is 33.4 Å². The molecule has 4 saturated heterocycles. The highest BCUT2D eigenvalue weighted by Crippen LogP contribution is 2.61. The van der Waals surface area contributed by atoms with Crippen LogP contribution in [0.3, 0.4) is 0 Å². The molecule has 4 unspecified atom stereocenters. The Bertz CT molecular complexity index is 3040. The SMILES string of the molecule is CCCCCCNC(=O)Nc1ncnc2c1ncn2[C@@H]1O[C@H](COP(=O)(O)OP(=O)(O)OC[C@H]2O[C@@H](n3cnc4c(NC(=O)NCCCCCC)ncnc43)[C@@H]3OC(/C=C/c4ccccc4)O[C@@H]32)[C@H]2OC(/C=C/c3ccccc3)O[C@H]21. The lowest BCUT2D eigenvalue weighted by Crippen LogP contribution is -2.32. The van der Waals surface area contributed by atoms with Crippen molar-refractivity contribution in [1.82, 2.24) is 49.7 Å². The van der Waals surface area contributed by atoms with Crippen molar-refractivity contribution in [2.24, 2.45) is 0 Å². The number of hydrogen-bond acceptors (Lipinski definition) is 19. The van der Waals surface area contributed by atoms with E-state index in [-0.39, 0.29) is 34.0 Å². The lowest BCUT2D eigenvalue weighted by molar-refractivity contribution is -0.133. The number of nitrogens with one attached hydrogen (secondary N) is 4. The Morgan fingerprint density at radius 2 is 0.988 bits per heavy atom. The minimum Gasteiger partial charge on any atom is -0.347 e. The summed E-state index contributed by atoms with van der Waals surface area (Å²) in [6.07, 6.45) is 10.4.